The number of fused-ring (bicyclic) bond motifs is 2. The fourth-order valence-corrected chi connectivity index (χ4v) is 3.20. The minimum atomic E-state index is -0.421. The van der Waals surface area contributed by atoms with Crippen LogP contribution in [0.25, 0.3) is 33.5 Å². The topological polar surface area (TPSA) is 74.3 Å². The molecule has 0 unspecified atom stereocenters. The second kappa shape index (κ2) is 6.81. The maximum atomic E-state index is 13.2. The molecule has 0 aliphatic heterocycles. The molecule has 4 rings (SSSR count). The van der Waals surface area contributed by atoms with Gasteiger partial charge in [0.2, 0.25) is 11.1 Å². The summed E-state index contributed by atoms with van der Waals surface area (Å²) in [5.41, 5.74) is 1.45. The number of nitrogens with zero attached hydrogens (tertiary/aromatic N) is 2. The van der Waals surface area contributed by atoms with Crippen molar-refractivity contribution in [1.29, 1.82) is 0 Å². The molecule has 0 saturated heterocycles. The average molecular weight is 362 g/mol. The Morgan fingerprint density at radius 3 is 2.59 bits per heavy atom. The number of para-hydroxylation sites is 1. The van der Waals surface area contributed by atoms with Gasteiger partial charge in [-0.15, -0.1) is 0 Å². The molecule has 27 heavy (non-hydrogen) atoms. The molecule has 6 nitrogen and oxygen atoms in total. The van der Waals surface area contributed by atoms with Gasteiger partial charge in [0.1, 0.15) is 11.4 Å². The average Bonchev–Trinajstić information content (AvgIpc) is 2.67. The number of ether oxygens (including phenoxy) is 1. The van der Waals surface area contributed by atoms with E-state index in [1.165, 1.54) is 4.57 Å². The second-order valence-electron chi connectivity index (χ2n) is 6.31. The van der Waals surface area contributed by atoms with Crippen LogP contribution in [0.4, 0.5) is 0 Å². The summed E-state index contributed by atoms with van der Waals surface area (Å²) in [4.78, 5) is 30.7. The van der Waals surface area contributed by atoms with Gasteiger partial charge >= 0.3 is 0 Å². The summed E-state index contributed by atoms with van der Waals surface area (Å²) in [6.45, 7) is 2.56. The van der Waals surface area contributed by atoms with Gasteiger partial charge in [0.15, 0.2) is 5.39 Å². The lowest BCUT2D eigenvalue weighted by Gasteiger charge is -2.14. The van der Waals surface area contributed by atoms with Crippen molar-refractivity contribution in [2.24, 2.45) is 0 Å². The second-order valence-corrected chi connectivity index (χ2v) is 6.31. The molecular weight excluding hydrogens is 344 g/mol. The zero-order chi connectivity index (χ0) is 19.0. The van der Waals surface area contributed by atoms with Gasteiger partial charge < -0.3 is 9.15 Å². The first-order chi connectivity index (χ1) is 13.1. The third kappa shape index (κ3) is 2.84. The van der Waals surface area contributed by atoms with Gasteiger partial charge in [-0.1, -0.05) is 36.4 Å². The molecule has 2 heterocycles. The lowest BCUT2D eigenvalue weighted by molar-refractivity contribution is 0.186. The zero-order valence-corrected chi connectivity index (χ0v) is 15.1. The van der Waals surface area contributed by atoms with E-state index in [1.807, 2.05) is 31.2 Å². The third-order valence-electron chi connectivity index (χ3n) is 4.61. The number of hydrogen-bond donors (Lipinski definition) is 0. The van der Waals surface area contributed by atoms with Gasteiger partial charge in [0.25, 0.3) is 5.56 Å². The van der Waals surface area contributed by atoms with Gasteiger partial charge in [-0.3, -0.25) is 14.2 Å². The molecule has 0 saturated carbocycles. The summed E-state index contributed by atoms with van der Waals surface area (Å²) < 4.78 is 12.4. The highest BCUT2D eigenvalue weighted by Crippen LogP contribution is 2.23. The predicted octanol–water partition coefficient (Wildman–Crippen LogP) is 3.12. The van der Waals surface area contributed by atoms with E-state index in [0.29, 0.717) is 23.4 Å². The van der Waals surface area contributed by atoms with E-state index >= 15 is 0 Å². The Balaban J connectivity index is 2.14. The van der Waals surface area contributed by atoms with Gasteiger partial charge in [-0.25, -0.2) is 0 Å². The summed E-state index contributed by atoms with van der Waals surface area (Å²) in [6.07, 6.45) is 0. The molecule has 0 amide bonds. The molecule has 136 valence electrons. The molecule has 0 N–H and O–H groups in total. The standard InChI is InChI=1S/C21H18N2O4/c1-13-7-3-4-8-14(13)19-22-20-17(21(25)23(19)11-12-26-2)18(24)15-9-5-6-10-16(15)27-20/h3-10H,11-12H2,1-2H3. The Morgan fingerprint density at radius 2 is 1.81 bits per heavy atom. The zero-order valence-electron chi connectivity index (χ0n) is 15.1. The van der Waals surface area contributed by atoms with E-state index in [4.69, 9.17) is 9.15 Å². The van der Waals surface area contributed by atoms with Crippen LogP contribution in [0, 0.1) is 6.92 Å². The van der Waals surface area contributed by atoms with Crippen molar-refractivity contribution in [3.05, 3.63) is 74.7 Å². The highest BCUT2D eigenvalue weighted by Gasteiger charge is 2.19. The normalized spacial score (nSPS) is 11.3. The van der Waals surface area contributed by atoms with Crippen LogP contribution in [-0.2, 0) is 11.3 Å². The van der Waals surface area contributed by atoms with E-state index in [0.717, 1.165) is 11.1 Å². The van der Waals surface area contributed by atoms with E-state index in [9.17, 15) is 9.59 Å². The molecule has 2 aromatic carbocycles. The lowest BCUT2D eigenvalue weighted by atomic mass is 10.1. The first-order valence-corrected chi connectivity index (χ1v) is 8.63. The quantitative estimate of drug-likeness (QED) is 0.522. The Labute approximate surface area is 154 Å². The fraction of sp³-hybridized carbons (Fsp3) is 0.190. The third-order valence-corrected chi connectivity index (χ3v) is 4.61. The molecule has 0 fully saturated rings. The van der Waals surface area contributed by atoms with E-state index in [1.54, 1.807) is 31.4 Å². The van der Waals surface area contributed by atoms with Crippen LogP contribution >= 0.6 is 0 Å². The van der Waals surface area contributed by atoms with Crippen LogP contribution < -0.4 is 11.0 Å². The Hall–Kier alpha value is -3.25. The van der Waals surface area contributed by atoms with E-state index in [2.05, 4.69) is 4.98 Å². The lowest BCUT2D eigenvalue weighted by Crippen LogP contribution is -2.29. The molecule has 0 radical (unpaired) electrons. The van der Waals surface area contributed by atoms with E-state index < -0.39 is 5.56 Å². The first kappa shape index (κ1) is 17.2. The van der Waals surface area contributed by atoms with Crippen molar-refractivity contribution >= 4 is 22.1 Å². The molecule has 2 aromatic heterocycles. The molecular formula is C21H18N2O4. The number of aryl methyl sites for hydroxylation is 1. The Bertz CT molecular complexity index is 1270. The monoisotopic (exact) mass is 362 g/mol. The fourth-order valence-electron chi connectivity index (χ4n) is 3.20. The van der Waals surface area contributed by atoms with Gasteiger partial charge in [0, 0.05) is 12.7 Å². The smallest absolute Gasteiger partial charge is 0.269 e. The number of hydrogen-bond acceptors (Lipinski definition) is 5. The van der Waals surface area contributed by atoms with Crippen molar-refractivity contribution < 1.29 is 9.15 Å². The van der Waals surface area contributed by atoms with Gasteiger partial charge in [-0.2, -0.15) is 4.98 Å². The molecule has 0 spiro atoms. The highest BCUT2D eigenvalue weighted by atomic mass is 16.5. The van der Waals surface area contributed by atoms with Gasteiger partial charge in [0.05, 0.1) is 18.5 Å². The first-order valence-electron chi connectivity index (χ1n) is 8.63. The minimum Gasteiger partial charge on any atom is -0.437 e. The van der Waals surface area contributed by atoms with Crippen molar-refractivity contribution in [1.82, 2.24) is 9.55 Å². The number of benzene rings is 2. The van der Waals surface area contributed by atoms with Crippen LogP contribution in [0.1, 0.15) is 5.56 Å². The highest BCUT2D eigenvalue weighted by molar-refractivity contribution is 5.88. The van der Waals surface area contributed by atoms with E-state index in [-0.39, 0.29) is 23.1 Å². The Kier molecular flexibility index (Phi) is 4.33. The van der Waals surface area contributed by atoms with Crippen molar-refractivity contribution in [3.63, 3.8) is 0 Å². The summed E-state index contributed by atoms with van der Waals surface area (Å²) in [7, 11) is 1.56. The maximum Gasteiger partial charge on any atom is 0.269 e. The molecule has 0 bridgehead atoms. The summed E-state index contributed by atoms with van der Waals surface area (Å²) in [5.74, 6) is 0.459. The largest absolute Gasteiger partial charge is 0.437 e. The van der Waals surface area contributed by atoms with Crippen molar-refractivity contribution in [2.45, 2.75) is 13.5 Å². The van der Waals surface area contributed by atoms with Crippen LogP contribution in [0.5, 0.6) is 0 Å². The summed E-state index contributed by atoms with van der Waals surface area (Å²) in [6, 6.07) is 14.5. The molecule has 0 aliphatic carbocycles. The van der Waals surface area contributed by atoms with Crippen LogP contribution in [-0.4, -0.2) is 23.3 Å². The van der Waals surface area contributed by atoms with Crippen LogP contribution in [0.15, 0.2) is 62.5 Å². The molecule has 0 aliphatic rings. The summed E-state index contributed by atoms with van der Waals surface area (Å²) in [5, 5.41) is 0.327. The Morgan fingerprint density at radius 1 is 1.07 bits per heavy atom. The number of aromatic nitrogens is 2. The molecule has 6 heteroatoms. The predicted molar refractivity (Wildman–Crippen MR) is 104 cm³/mol. The summed E-state index contributed by atoms with van der Waals surface area (Å²) >= 11 is 0. The molecule has 4 aromatic rings. The van der Waals surface area contributed by atoms with Crippen LogP contribution in [0.2, 0.25) is 0 Å². The van der Waals surface area contributed by atoms with Crippen molar-refractivity contribution in [3.8, 4) is 11.4 Å². The maximum absolute atomic E-state index is 13.2. The molecule has 0 atom stereocenters. The number of methoxy groups -OCH3 is 1. The van der Waals surface area contributed by atoms with Crippen molar-refractivity contribution in [2.75, 3.05) is 13.7 Å². The minimum absolute atomic E-state index is 0.0397. The number of rotatable bonds is 4. The SMILES string of the molecule is COCCn1c(-c2ccccc2C)nc2oc3ccccc3c(=O)c2c1=O. The van der Waals surface area contributed by atoms with Gasteiger partial charge in [-0.05, 0) is 24.6 Å². The van der Waals surface area contributed by atoms with Crippen LogP contribution in [0.3, 0.4) is 0 Å².